The van der Waals surface area contributed by atoms with Gasteiger partial charge < -0.3 is 15.2 Å². The van der Waals surface area contributed by atoms with Gasteiger partial charge in [-0.2, -0.15) is 10.2 Å². The highest BCUT2D eigenvalue weighted by atomic mass is 16.2. The summed E-state index contributed by atoms with van der Waals surface area (Å²) in [5, 5.41) is 21.3. The monoisotopic (exact) mass is 400 g/mol. The topological polar surface area (TPSA) is 118 Å². The minimum atomic E-state index is -0.163. The molecule has 0 unspecified atom stereocenters. The zero-order valence-corrected chi connectivity index (χ0v) is 17.1. The Morgan fingerprint density at radius 1 is 1.17 bits per heavy atom. The molecule has 1 aliphatic heterocycles. The smallest absolute Gasteiger partial charge is 0.253 e. The van der Waals surface area contributed by atoms with Crippen molar-refractivity contribution in [1.29, 1.82) is 0 Å². The molecule has 10 heteroatoms. The van der Waals surface area contributed by atoms with Gasteiger partial charge >= 0.3 is 0 Å². The third-order valence-electron chi connectivity index (χ3n) is 5.40. The quantitative estimate of drug-likeness (QED) is 0.664. The molecule has 0 aliphatic carbocycles. The van der Waals surface area contributed by atoms with Crippen molar-refractivity contribution in [3.8, 4) is 0 Å². The molecule has 156 valence electrons. The Hall–Kier alpha value is -2.88. The van der Waals surface area contributed by atoms with Gasteiger partial charge in [0.25, 0.3) is 5.91 Å². The summed E-state index contributed by atoms with van der Waals surface area (Å²) in [6.45, 7) is 5.00. The lowest BCUT2D eigenvalue weighted by atomic mass is 10.1. The summed E-state index contributed by atoms with van der Waals surface area (Å²) in [4.78, 5) is 26.7. The number of likely N-dealkylation sites (tertiary alicyclic amines) is 1. The number of nitrogens with zero attached hydrogens (tertiary/aromatic N) is 6. The van der Waals surface area contributed by atoms with E-state index in [-0.39, 0.29) is 29.9 Å². The fourth-order valence-electron chi connectivity index (χ4n) is 3.61. The Kier molecular flexibility index (Phi) is 6.86. The molecule has 1 aliphatic rings. The second-order valence-electron chi connectivity index (χ2n) is 7.62. The Balaban J connectivity index is 1.43. The van der Waals surface area contributed by atoms with Crippen LogP contribution >= 0.6 is 0 Å². The zero-order chi connectivity index (χ0) is 20.8. The number of amides is 2. The van der Waals surface area contributed by atoms with Gasteiger partial charge in [-0.15, -0.1) is 10.2 Å². The molecule has 2 aromatic rings. The first-order chi connectivity index (χ1) is 14.0. The molecule has 3 rings (SSSR count). The van der Waals surface area contributed by atoms with Gasteiger partial charge in [-0.25, -0.2) is 0 Å². The lowest BCUT2D eigenvalue weighted by molar-refractivity contribution is -0.122. The van der Waals surface area contributed by atoms with Crippen LogP contribution in [0.4, 0.5) is 0 Å². The van der Waals surface area contributed by atoms with E-state index in [0.29, 0.717) is 25.1 Å². The first-order valence-electron chi connectivity index (χ1n) is 9.87. The van der Waals surface area contributed by atoms with Crippen molar-refractivity contribution >= 4 is 11.8 Å². The van der Waals surface area contributed by atoms with Crippen LogP contribution in [0.1, 0.15) is 55.3 Å². The van der Waals surface area contributed by atoms with Gasteiger partial charge in [-0.1, -0.05) is 0 Å². The van der Waals surface area contributed by atoms with Crippen LogP contribution in [0.5, 0.6) is 0 Å². The summed E-state index contributed by atoms with van der Waals surface area (Å²) in [6, 6.07) is 2.24. The SMILES string of the molecule is CC(C)n1cnnc1CNC(=O)C[C@H]1CC[C@@H](CNC(=O)c2ccnnc2)N1C. The van der Waals surface area contributed by atoms with Gasteiger partial charge in [0.15, 0.2) is 5.82 Å². The normalized spacial score (nSPS) is 19.4. The summed E-state index contributed by atoms with van der Waals surface area (Å²) in [6.07, 6.45) is 6.90. The molecule has 0 aromatic carbocycles. The van der Waals surface area contributed by atoms with E-state index in [2.05, 4.69) is 35.9 Å². The molecule has 10 nitrogen and oxygen atoms in total. The number of hydrogen-bond acceptors (Lipinski definition) is 7. The highest BCUT2D eigenvalue weighted by Gasteiger charge is 2.32. The number of carbonyl (C=O) groups is 2. The lowest BCUT2D eigenvalue weighted by Crippen LogP contribution is -2.42. The number of rotatable bonds is 8. The van der Waals surface area contributed by atoms with Crippen molar-refractivity contribution in [3.63, 3.8) is 0 Å². The minimum Gasteiger partial charge on any atom is -0.350 e. The zero-order valence-electron chi connectivity index (χ0n) is 17.1. The molecule has 2 aromatic heterocycles. The standard InChI is InChI=1S/C19H28N8O2/c1-13(2)27-12-24-25-17(27)11-20-18(28)8-15-4-5-16(26(15)3)10-21-19(29)14-6-7-22-23-9-14/h6-7,9,12-13,15-16H,4-5,8,10-11H2,1-3H3,(H,20,28)(H,21,29)/t15-,16+/m1/s1. The second kappa shape index (κ2) is 9.55. The van der Waals surface area contributed by atoms with Gasteiger partial charge in [-0.05, 0) is 39.8 Å². The van der Waals surface area contributed by atoms with Gasteiger partial charge in [0.05, 0.1) is 24.5 Å². The van der Waals surface area contributed by atoms with Crippen LogP contribution in [-0.4, -0.2) is 67.4 Å². The molecule has 1 fully saturated rings. The van der Waals surface area contributed by atoms with Crippen molar-refractivity contribution in [1.82, 2.24) is 40.5 Å². The van der Waals surface area contributed by atoms with Gasteiger partial charge in [0.2, 0.25) is 5.91 Å². The Labute approximate surface area is 170 Å². The number of aromatic nitrogens is 5. The molecule has 2 amide bonds. The van der Waals surface area contributed by atoms with Crippen molar-refractivity contribution in [2.75, 3.05) is 13.6 Å². The average molecular weight is 400 g/mol. The number of hydrogen-bond donors (Lipinski definition) is 2. The van der Waals surface area contributed by atoms with E-state index in [4.69, 9.17) is 0 Å². The molecule has 29 heavy (non-hydrogen) atoms. The second-order valence-corrected chi connectivity index (χ2v) is 7.62. The number of likely N-dealkylation sites (N-methyl/N-ethyl adjacent to an activating group) is 1. The number of carbonyl (C=O) groups excluding carboxylic acids is 2. The van der Waals surface area contributed by atoms with E-state index in [9.17, 15) is 9.59 Å². The first-order valence-corrected chi connectivity index (χ1v) is 9.87. The third-order valence-corrected chi connectivity index (χ3v) is 5.40. The van der Waals surface area contributed by atoms with Crippen LogP contribution in [0.15, 0.2) is 24.8 Å². The summed E-state index contributed by atoms with van der Waals surface area (Å²) < 4.78 is 1.94. The maximum atomic E-state index is 12.4. The molecule has 0 saturated carbocycles. The molecule has 2 atom stereocenters. The molecule has 2 N–H and O–H groups in total. The van der Waals surface area contributed by atoms with E-state index >= 15 is 0 Å². The molecule has 0 radical (unpaired) electrons. The predicted octanol–water partition coefficient (Wildman–Crippen LogP) is 0.548. The summed E-state index contributed by atoms with van der Waals surface area (Å²) in [7, 11) is 2.01. The van der Waals surface area contributed by atoms with Gasteiger partial charge in [0, 0.05) is 31.1 Å². The fourth-order valence-corrected chi connectivity index (χ4v) is 3.61. The van der Waals surface area contributed by atoms with Crippen molar-refractivity contribution in [3.05, 3.63) is 36.2 Å². The van der Waals surface area contributed by atoms with Gasteiger partial charge in [0.1, 0.15) is 6.33 Å². The van der Waals surface area contributed by atoms with Crippen LogP contribution < -0.4 is 10.6 Å². The summed E-state index contributed by atoms with van der Waals surface area (Å²) in [5.41, 5.74) is 0.492. The van der Waals surface area contributed by atoms with E-state index in [1.54, 1.807) is 12.4 Å². The maximum Gasteiger partial charge on any atom is 0.253 e. The Morgan fingerprint density at radius 3 is 2.69 bits per heavy atom. The van der Waals surface area contributed by atoms with Crippen LogP contribution in [-0.2, 0) is 11.3 Å². The first kappa shape index (κ1) is 20.8. The molecular weight excluding hydrogens is 372 g/mol. The van der Waals surface area contributed by atoms with Crippen LogP contribution in [0, 0.1) is 0 Å². The van der Waals surface area contributed by atoms with E-state index in [1.165, 1.54) is 12.4 Å². The third kappa shape index (κ3) is 5.35. The van der Waals surface area contributed by atoms with E-state index < -0.39 is 0 Å². The van der Waals surface area contributed by atoms with E-state index in [1.807, 2.05) is 25.5 Å². The largest absolute Gasteiger partial charge is 0.350 e. The van der Waals surface area contributed by atoms with E-state index in [0.717, 1.165) is 18.7 Å². The van der Waals surface area contributed by atoms with Crippen molar-refractivity contribution in [2.45, 2.75) is 57.8 Å². The van der Waals surface area contributed by atoms with Crippen LogP contribution in [0.25, 0.3) is 0 Å². The highest BCUT2D eigenvalue weighted by molar-refractivity contribution is 5.93. The summed E-state index contributed by atoms with van der Waals surface area (Å²) in [5.74, 6) is 0.579. The lowest BCUT2D eigenvalue weighted by Gasteiger charge is -2.25. The Morgan fingerprint density at radius 2 is 1.97 bits per heavy atom. The molecule has 0 bridgehead atoms. The average Bonchev–Trinajstić information content (AvgIpc) is 3.33. The molecular formula is C19H28N8O2. The van der Waals surface area contributed by atoms with Gasteiger partial charge in [-0.3, -0.25) is 14.5 Å². The van der Waals surface area contributed by atoms with Crippen LogP contribution in [0.3, 0.4) is 0 Å². The van der Waals surface area contributed by atoms with Crippen molar-refractivity contribution in [2.24, 2.45) is 0 Å². The van der Waals surface area contributed by atoms with Crippen LogP contribution in [0.2, 0.25) is 0 Å². The molecule has 3 heterocycles. The van der Waals surface area contributed by atoms with Crippen molar-refractivity contribution < 1.29 is 9.59 Å². The molecule has 0 spiro atoms. The minimum absolute atomic E-state index is 0.00676. The highest BCUT2D eigenvalue weighted by Crippen LogP contribution is 2.24. The number of nitrogens with one attached hydrogen (secondary N) is 2. The fraction of sp³-hybridized carbons (Fsp3) is 0.579. The predicted molar refractivity (Wildman–Crippen MR) is 106 cm³/mol. The summed E-state index contributed by atoms with van der Waals surface area (Å²) >= 11 is 0. The molecule has 1 saturated heterocycles. The Bertz CT molecular complexity index is 823. The maximum absolute atomic E-state index is 12.4.